The highest BCUT2D eigenvalue weighted by atomic mass is 16.5. The second-order valence-corrected chi connectivity index (χ2v) is 7.15. The van der Waals surface area contributed by atoms with E-state index in [-0.39, 0.29) is 29.4 Å². The van der Waals surface area contributed by atoms with E-state index in [1.165, 1.54) is 7.11 Å². The molecule has 0 bridgehead atoms. The van der Waals surface area contributed by atoms with Crippen LogP contribution in [0.3, 0.4) is 0 Å². The molecule has 154 valence electrons. The number of esters is 1. The molecular weight excluding hydrogens is 372 g/mol. The number of fused-ring (bicyclic) bond motifs is 1. The first-order valence-electron chi connectivity index (χ1n) is 9.84. The van der Waals surface area contributed by atoms with Crippen molar-refractivity contribution in [2.45, 2.75) is 52.1 Å². The van der Waals surface area contributed by atoms with Crippen LogP contribution in [0.2, 0.25) is 0 Å². The number of methoxy groups -OCH3 is 1. The number of rotatable bonds is 6. The number of carbonyl (C=O) groups is 3. The number of imidazole rings is 1. The zero-order valence-corrected chi connectivity index (χ0v) is 16.9. The summed E-state index contributed by atoms with van der Waals surface area (Å²) in [5.74, 6) is -0.790. The van der Waals surface area contributed by atoms with Crippen molar-refractivity contribution in [3.63, 3.8) is 0 Å². The number of hydrogen-bond donors (Lipinski definition) is 2. The molecular formula is C21H26N4O4. The van der Waals surface area contributed by atoms with E-state index in [2.05, 4.69) is 20.4 Å². The number of hydrogen-bond acceptors (Lipinski definition) is 5. The first-order chi connectivity index (χ1) is 13.9. The Hall–Kier alpha value is -3.16. The fraction of sp³-hybridized carbons (Fsp3) is 0.429. The molecule has 2 heterocycles. The SMILES string of the molecule is CCC(C)NC(=O)c1nc(C(=O)Nc2ccc(C(=O)OC)cc2)c2n1CCCC2. The van der Waals surface area contributed by atoms with Gasteiger partial charge in [-0.3, -0.25) is 9.59 Å². The Balaban J connectivity index is 1.83. The molecule has 0 aliphatic carbocycles. The summed E-state index contributed by atoms with van der Waals surface area (Å²) in [6.07, 6.45) is 3.41. The van der Waals surface area contributed by atoms with Gasteiger partial charge in [0.25, 0.3) is 11.8 Å². The Morgan fingerprint density at radius 1 is 1.17 bits per heavy atom. The lowest BCUT2D eigenvalue weighted by molar-refractivity contribution is 0.0600. The summed E-state index contributed by atoms with van der Waals surface area (Å²) in [6.45, 7) is 4.60. The zero-order chi connectivity index (χ0) is 21.0. The van der Waals surface area contributed by atoms with E-state index in [1.807, 2.05) is 18.4 Å². The molecule has 0 radical (unpaired) electrons. The maximum absolute atomic E-state index is 12.9. The fourth-order valence-electron chi connectivity index (χ4n) is 3.29. The average molecular weight is 398 g/mol. The Labute approximate surface area is 169 Å². The normalized spacial score (nSPS) is 13.9. The number of ether oxygens (including phenoxy) is 1. The Morgan fingerprint density at radius 3 is 2.55 bits per heavy atom. The topological polar surface area (TPSA) is 102 Å². The third-order valence-corrected chi connectivity index (χ3v) is 5.09. The molecule has 1 aliphatic heterocycles. The second-order valence-electron chi connectivity index (χ2n) is 7.15. The van der Waals surface area contributed by atoms with Crippen LogP contribution in [0.25, 0.3) is 0 Å². The number of amides is 2. The molecule has 0 fully saturated rings. The number of aromatic nitrogens is 2. The lowest BCUT2D eigenvalue weighted by atomic mass is 10.1. The van der Waals surface area contributed by atoms with Crippen molar-refractivity contribution in [1.82, 2.24) is 14.9 Å². The van der Waals surface area contributed by atoms with Gasteiger partial charge in [-0.05, 0) is 56.9 Å². The van der Waals surface area contributed by atoms with Crippen LogP contribution in [-0.2, 0) is 17.7 Å². The molecule has 1 aromatic carbocycles. The van der Waals surface area contributed by atoms with Crippen LogP contribution in [0.1, 0.15) is 70.3 Å². The van der Waals surface area contributed by atoms with Crippen LogP contribution >= 0.6 is 0 Å². The number of anilines is 1. The molecule has 29 heavy (non-hydrogen) atoms. The van der Waals surface area contributed by atoms with Crippen molar-refractivity contribution in [2.75, 3.05) is 12.4 Å². The summed E-state index contributed by atoms with van der Waals surface area (Å²) in [5.41, 5.74) is 1.99. The van der Waals surface area contributed by atoms with E-state index in [1.54, 1.807) is 24.3 Å². The van der Waals surface area contributed by atoms with E-state index < -0.39 is 5.97 Å². The smallest absolute Gasteiger partial charge is 0.337 e. The van der Waals surface area contributed by atoms with Gasteiger partial charge in [0, 0.05) is 18.3 Å². The van der Waals surface area contributed by atoms with Crippen molar-refractivity contribution in [3.8, 4) is 0 Å². The number of nitrogens with zero attached hydrogens (tertiary/aromatic N) is 2. The van der Waals surface area contributed by atoms with E-state index in [0.29, 0.717) is 24.2 Å². The second kappa shape index (κ2) is 8.89. The summed E-state index contributed by atoms with van der Waals surface area (Å²) in [5, 5.41) is 5.72. The summed E-state index contributed by atoms with van der Waals surface area (Å²) in [6, 6.07) is 6.45. The molecule has 3 rings (SSSR count). The van der Waals surface area contributed by atoms with Crippen molar-refractivity contribution in [2.24, 2.45) is 0 Å². The number of benzene rings is 1. The molecule has 8 nitrogen and oxygen atoms in total. The van der Waals surface area contributed by atoms with Crippen LogP contribution < -0.4 is 10.6 Å². The van der Waals surface area contributed by atoms with Crippen LogP contribution in [0.15, 0.2) is 24.3 Å². The lowest BCUT2D eigenvalue weighted by Crippen LogP contribution is -2.34. The van der Waals surface area contributed by atoms with Crippen molar-refractivity contribution in [1.29, 1.82) is 0 Å². The minimum atomic E-state index is -0.442. The van der Waals surface area contributed by atoms with Crippen molar-refractivity contribution < 1.29 is 19.1 Å². The van der Waals surface area contributed by atoms with Crippen molar-refractivity contribution >= 4 is 23.5 Å². The molecule has 0 saturated carbocycles. The molecule has 2 N–H and O–H groups in total. The van der Waals surface area contributed by atoms with Gasteiger partial charge < -0.3 is 19.9 Å². The van der Waals surface area contributed by atoms with E-state index in [9.17, 15) is 14.4 Å². The van der Waals surface area contributed by atoms with Gasteiger partial charge in [0.15, 0.2) is 11.5 Å². The van der Waals surface area contributed by atoms with Gasteiger partial charge in [-0.25, -0.2) is 9.78 Å². The quantitative estimate of drug-likeness (QED) is 0.729. The molecule has 2 aromatic rings. The molecule has 1 unspecified atom stereocenters. The summed E-state index contributed by atoms with van der Waals surface area (Å²) < 4.78 is 6.53. The Bertz CT molecular complexity index is 918. The predicted octanol–water partition coefficient (Wildman–Crippen LogP) is 2.79. The Kier molecular flexibility index (Phi) is 6.31. The van der Waals surface area contributed by atoms with Crippen molar-refractivity contribution in [3.05, 3.63) is 47.0 Å². The largest absolute Gasteiger partial charge is 0.465 e. The molecule has 1 aliphatic rings. The molecule has 0 saturated heterocycles. The predicted molar refractivity (Wildman–Crippen MR) is 108 cm³/mol. The number of nitrogens with one attached hydrogen (secondary N) is 2. The Morgan fingerprint density at radius 2 is 1.90 bits per heavy atom. The van der Waals surface area contributed by atoms with Crippen LogP contribution in [0.5, 0.6) is 0 Å². The molecule has 8 heteroatoms. The highest BCUT2D eigenvalue weighted by Crippen LogP contribution is 2.22. The van der Waals surface area contributed by atoms with Crippen LogP contribution in [0, 0.1) is 0 Å². The van der Waals surface area contributed by atoms with Gasteiger partial charge in [0.05, 0.1) is 18.4 Å². The van der Waals surface area contributed by atoms with Gasteiger partial charge in [0.2, 0.25) is 0 Å². The maximum atomic E-state index is 12.9. The fourth-order valence-corrected chi connectivity index (χ4v) is 3.29. The lowest BCUT2D eigenvalue weighted by Gasteiger charge is -2.18. The molecule has 1 atom stereocenters. The first kappa shape index (κ1) is 20.6. The van der Waals surface area contributed by atoms with Crippen LogP contribution in [0.4, 0.5) is 5.69 Å². The molecule has 2 amide bonds. The number of carbonyl (C=O) groups excluding carboxylic acids is 3. The van der Waals surface area contributed by atoms with Gasteiger partial charge in [-0.15, -0.1) is 0 Å². The van der Waals surface area contributed by atoms with E-state index in [0.717, 1.165) is 25.0 Å². The molecule has 0 spiro atoms. The minimum absolute atomic E-state index is 0.0321. The van der Waals surface area contributed by atoms with Gasteiger partial charge in [-0.1, -0.05) is 6.92 Å². The summed E-state index contributed by atoms with van der Waals surface area (Å²) in [7, 11) is 1.31. The van der Waals surface area contributed by atoms with Crippen LogP contribution in [-0.4, -0.2) is 40.5 Å². The van der Waals surface area contributed by atoms with Gasteiger partial charge >= 0.3 is 5.97 Å². The van der Waals surface area contributed by atoms with Gasteiger partial charge in [0.1, 0.15) is 0 Å². The van der Waals surface area contributed by atoms with E-state index in [4.69, 9.17) is 0 Å². The monoisotopic (exact) mass is 398 g/mol. The third kappa shape index (κ3) is 4.47. The third-order valence-electron chi connectivity index (χ3n) is 5.09. The highest BCUT2D eigenvalue weighted by Gasteiger charge is 2.28. The minimum Gasteiger partial charge on any atom is -0.465 e. The molecule has 1 aromatic heterocycles. The van der Waals surface area contributed by atoms with Gasteiger partial charge in [-0.2, -0.15) is 0 Å². The highest BCUT2D eigenvalue weighted by molar-refractivity contribution is 6.05. The average Bonchev–Trinajstić information content (AvgIpc) is 3.13. The maximum Gasteiger partial charge on any atom is 0.337 e. The standard InChI is InChI=1S/C21H26N4O4/c1-4-13(2)22-20(27)18-24-17(16-7-5-6-12-25(16)18)19(26)23-15-10-8-14(9-11-15)21(28)29-3/h8-11,13H,4-7,12H2,1-3H3,(H,22,27)(H,23,26). The first-order valence-corrected chi connectivity index (χ1v) is 9.84. The summed E-state index contributed by atoms with van der Waals surface area (Å²) in [4.78, 5) is 41.4. The van der Waals surface area contributed by atoms with E-state index >= 15 is 0 Å². The zero-order valence-electron chi connectivity index (χ0n) is 16.9. The summed E-state index contributed by atoms with van der Waals surface area (Å²) >= 11 is 0.